The standard InChI is InChI=1S/C14H20N4OS/c1-10-17-18-12(20-10)8-16-13(14(2,3)9-19)11-5-4-6-15-7-11/h4-7,13,16,19H,8-9H2,1-3H3. The first-order chi connectivity index (χ1) is 9.53. The molecule has 5 nitrogen and oxygen atoms in total. The fraction of sp³-hybridized carbons (Fsp3) is 0.500. The summed E-state index contributed by atoms with van der Waals surface area (Å²) < 4.78 is 0. The van der Waals surface area contributed by atoms with Gasteiger partial charge in [0.2, 0.25) is 0 Å². The van der Waals surface area contributed by atoms with E-state index in [1.807, 2.05) is 39.1 Å². The smallest absolute Gasteiger partial charge is 0.131 e. The number of aliphatic hydroxyl groups is 1. The molecule has 20 heavy (non-hydrogen) atoms. The maximum Gasteiger partial charge on any atom is 0.131 e. The Morgan fingerprint density at radius 1 is 1.40 bits per heavy atom. The van der Waals surface area contributed by atoms with E-state index < -0.39 is 0 Å². The third-order valence-corrected chi connectivity index (χ3v) is 4.07. The summed E-state index contributed by atoms with van der Waals surface area (Å²) in [5.41, 5.74) is 0.774. The van der Waals surface area contributed by atoms with Gasteiger partial charge in [0.25, 0.3) is 0 Å². The maximum absolute atomic E-state index is 9.64. The lowest BCUT2D eigenvalue weighted by Crippen LogP contribution is -2.36. The van der Waals surface area contributed by atoms with Gasteiger partial charge < -0.3 is 10.4 Å². The molecule has 0 spiro atoms. The van der Waals surface area contributed by atoms with E-state index in [9.17, 15) is 5.11 Å². The van der Waals surface area contributed by atoms with Crippen molar-refractivity contribution in [3.8, 4) is 0 Å². The van der Waals surface area contributed by atoms with E-state index in [4.69, 9.17) is 0 Å². The van der Waals surface area contributed by atoms with Crippen LogP contribution in [-0.4, -0.2) is 26.9 Å². The molecule has 0 aliphatic carbocycles. The number of aromatic nitrogens is 3. The van der Waals surface area contributed by atoms with Gasteiger partial charge in [-0.3, -0.25) is 4.98 Å². The number of nitrogens with zero attached hydrogens (tertiary/aromatic N) is 3. The molecule has 0 radical (unpaired) electrons. The molecule has 0 aliphatic heterocycles. The van der Waals surface area contributed by atoms with Gasteiger partial charge in [-0.2, -0.15) is 0 Å². The number of hydrogen-bond acceptors (Lipinski definition) is 6. The fourth-order valence-electron chi connectivity index (χ4n) is 2.08. The summed E-state index contributed by atoms with van der Waals surface area (Å²) in [4.78, 5) is 4.17. The van der Waals surface area contributed by atoms with E-state index in [2.05, 4.69) is 20.5 Å². The predicted octanol–water partition coefficient (Wildman–Crippen LogP) is 2.09. The quantitative estimate of drug-likeness (QED) is 0.853. The summed E-state index contributed by atoms with van der Waals surface area (Å²) >= 11 is 1.58. The van der Waals surface area contributed by atoms with Crippen molar-refractivity contribution in [2.24, 2.45) is 5.41 Å². The molecule has 2 N–H and O–H groups in total. The third kappa shape index (κ3) is 3.59. The lowest BCUT2D eigenvalue weighted by molar-refractivity contribution is 0.114. The minimum absolute atomic E-state index is 0.00501. The van der Waals surface area contributed by atoms with Crippen molar-refractivity contribution in [2.75, 3.05) is 6.61 Å². The highest BCUT2D eigenvalue weighted by atomic mass is 32.1. The van der Waals surface area contributed by atoms with E-state index in [-0.39, 0.29) is 18.1 Å². The van der Waals surface area contributed by atoms with Gasteiger partial charge in [-0.15, -0.1) is 21.5 Å². The molecule has 2 heterocycles. The van der Waals surface area contributed by atoms with Crippen molar-refractivity contribution in [2.45, 2.75) is 33.4 Å². The molecule has 1 atom stereocenters. The van der Waals surface area contributed by atoms with Crippen molar-refractivity contribution in [1.29, 1.82) is 0 Å². The van der Waals surface area contributed by atoms with Crippen LogP contribution in [0, 0.1) is 12.3 Å². The zero-order chi connectivity index (χ0) is 14.6. The Balaban J connectivity index is 2.15. The van der Waals surface area contributed by atoms with Gasteiger partial charge in [-0.1, -0.05) is 19.9 Å². The van der Waals surface area contributed by atoms with Crippen molar-refractivity contribution < 1.29 is 5.11 Å². The monoisotopic (exact) mass is 292 g/mol. The molecule has 108 valence electrons. The highest BCUT2D eigenvalue weighted by molar-refractivity contribution is 7.11. The first kappa shape index (κ1) is 15.0. The van der Waals surface area contributed by atoms with Crippen molar-refractivity contribution in [3.05, 3.63) is 40.1 Å². The second-order valence-electron chi connectivity index (χ2n) is 5.46. The number of pyridine rings is 1. The number of aryl methyl sites for hydroxylation is 1. The first-order valence-electron chi connectivity index (χ1n) is 6.56. The fourth-order valence-corrected chi connectivity index (χ4v) is 2.74. The zero-order valence-electron chi connectivity index (χ0n) is 12.0. The molecular weight excluding hydrogens is 272 g/mol. The number of aliphatic hydroxyl groups excluding tert-OH is 1. The van der Waals surface area contributed by atoms with Crippen LogP contribution in [0.4, 0.5) is 0 Å². The molecular formula is C14H20N4OS. The Labute approximate surface area is 123 Å². The van der Waals surface area contributed by atoms with Crippen LogP contribution in [0.2, 0.25) is 0 Å². The molecule has 2 aromatic rings. The average Bonchev–Trinajstić information content (AvgIpc) is 2.86. The van der Waals surface area contributed by atoms with Crippen LogP contribution in [0.25, 0.3) is 0 Å². The van der Waals surface area contributed by atoms with Gasteiger partial charge in [0.15, 0.2) is 0 Å². The average molecular weight is 292 g/mol. The van der Waals surface area contributed by atoms with Crippen LogP contribution in [0.5, 0.6) is 0 Å². The molecule has 2 aromatic heterocycles. The molecule has 0 aromatic carbocycles. The second-order valence-corrected chi connectivity index (χ2v) is 6.73. The lowest BCUT2D eigenvalue weighted by Gasteiger charge is -2.33. The van der Waals surface area contributed by atoms with Crippen LogP contribution < -0.4 is 5.32 Å². The predicted molar refractivity (Wildman–Crippen MR) is 79.3 cm³/mol. The van der Waals surface area contributed by atoms with Gasteiger partial charge in [0, 0.05) is 30.5 Å². The maximum atomic E-state index is 9.64. The van der Waals surface area contributed by atoms with Gasteiger partial charge in [0.1, 0.15) is 10.0 Å². The molecule has 6 heteroatoms. The Kier molecular flexibility index (Phi) is 4.80. The van der Waals surface area contributed by atoms with Gasteiger partial charge in [-0.25, -0.2) is 0 Å². The van der Waals surface area contributed by atoms with E-state index in [1.165, 1.54) is 0 Å². The van der Waals surface area contributed by atoms with Crippen molar-refractivity contribution >= 4 is 11.3 Å². The highest BCUT2D eigenvalue weighted by Crippen LogP contribution is 2.32. The molecule has 0 fully saturated rings. The highest BCUT2D eigenvalue weighted by Gasteiger charge is 2.30. The summed E-state index contributed by atoms with van der Waals surface area (Å²) in [7, 11) is 0. The Bertz CT molecular complexity index is 541. The molecule has 0 saturated carbocycles. The van der Waals surface area contributed by atoms with Crippen LogP contribution in [-0.2, 0) is 6.54 Å². The first-order valence-corrected chi connectivity index (χ1v) is 7.38. The van der Waals surface area contributed by atoms with Crippen molar-refractivity contribution in [1.82, 2.24) is 20.5 Å². The lowest BCUT2D eigenvalue weighted by atomic mass is 9.81. The number of hydrogen-bond donors (Lipinski definition) is 2. The third-order valence-electron chi connectivity index (χ3n) is 3.23. The molecule has 1 unspecified atom stereocenters. The molecule has 0 bridgehead atoms. The van der Waals surface area contributed by atoms with E-state index in [1.54, 1.807) is 17.5 Å². The molecule has 0 aliphatic rings. The molecule has 0 saturated heterocycles. The van der Waals surface area contributed by atoms with Crippen LogP contribution in [0.3, 0.4) is 0 Å². The van der Waals surface area contributed by atoms with Gasteiger partial charge >= 0.3 is 0 Å². The summed E-state index contributed by atoms with van der Waals surface area (Å²) in [5, 5.41) is 23.1. The largest absolute Gasteiger partial charge is 0.396 e. The van der Waals surface area contributed by atoms with E-state index in [0.717, 1.165) is 15.6 Å². The van der Waals surface area contributed by atoms with Gasteiger partial charge in [-0.05, 0) is 18.6 Å². The van der Waals surface area contributed by atoms with Crippen LogP contribution in [0.15, 0.2) is 24.5 Å². The Morgan fingerprint density at radius 3 is 2.75 bits per heavy atom. The minimum atomic E-state index is -0.289. The van der Waals surface area contributed by atoms with Crippen LogP contribution in [0.1, 0.15) is 35.5 Å². The SMILES string of the molecule is Cc1nnc(CNC(c2cccnc2)C(C)(C)CO)s1. The minimum Gasteiger partial charge on any atom is -0.396 e. The summed E-state index contributed by atoms with van der Waals surface area (Å²) in [6, 6.07) is 3.94. The van der Waals surface area contributed by atoms with E-state index in [0.29, 0.717) is 6.54 Å². The summed E-state index contributed by atoms with van der Waals surface area (Å²) in [6.45, 7) is 6.73. The normalized spacial score (nSPS) is 13.4. The number of nitrogens with one attached hydrogen (secondary N) is 1. The van der Waals surface area contributed by atoms with Crippen molar-refractivity contribution in [3.63, 3.8) is 0 Å². The second kappa shape index (κ2) is 6.39. The Hall–Kier alpha value is -1.37. The molecule has 2 rings (SSSR count). The topological polar surface area (TPSA) is 70.9 Å². The summed E-state index contributed by atoms with van der Waals surface area (Å²) in [6.07, 6.45) is 3.58. The molecule has 0 amide bonds. The summed E-state index contributed by atoms with van der Waals surface area (Å²) in [5.74, 6) is 0. The van der Waals surface area contributed by atoms with E-state index >= 15 is 0 Å². The number of rotatable bonds is 6. The Morgan fingerprint density at radius 2 is 2.20 bits per heavy atom. The van der Waals surface area contributed by atoms with Gasteiger partial charge in [0.05, 0.1) is 6.54 Å². The zero-order valence-corrected chi connectivity index (χ0v) is 12.8. The van der Waals surface area contributed by atoms with Crippen LogP contribution >= 0.6 is 11.3 Å².